The molecule has 2 aromatic rings. The second-order valence-corrected chi connectivity index (χ2v) is 5.88. The van der Waals surface area contributed by atoms with Gasteiger partial charge in [-0.2, -0.15) is 0 Å². The predicted molar refractivity (Wildman–Crippen MR) is 83.1 cm³/mol. The molecule has 1 amide bonds. The van der Waals surface area contributed by atoms with Crippen molar-refractivity contribution in [1.82, 2.24) is 4.98 Å². The lowest BCUT2D eigenvalue weighted by Crippen LogP contribution is -2.36. The van der Waals surface area contributed by atoms with Gasteiger partial charge in [-0.05, 0) is 59.5 Å². The van der Waals surface area contributed by atoms with E-state index < -0.39 is 0 Å². The molecule has 0 spiro atoms. The molecule has 0 fully saturated rings. The fraction of sp³-hybridized carbons (Fsp3) is 0.250. The number of hydrogen-bond acceptors (Lipinski definition) is 2. The molecular weight excluding hydrogens is 316 g/mol. The number of carbonyl (C=O) groups is 1. The molecule has 0 radical (unpaired) electrons. The van der Waals surface area contributed by atoms with Crippen LogP contribution in [-0.2, 0) is 6.42 Å². The first-order valence-corrected chi connectivity index (χ1v) is 7.48. The molecule has 0 saturated carbocycles. The second kappa shape index (κ2) is 5.37. The van der Waals surface area contributed by atoms with E-state index in [1.54, 1.807) is 6.20 Å². The van der Waals surface area contributed by atoms with Crippen LogP contribution in [0.5, 0.6) is 0 Å². The van der Waals surface area contributed by atoms with E-state index in [1.165, 1.54) is 11.1 Å². The van der Waals surface area contributed by atoms with Crippen LogP contribution in [0.1, 0.15) is 28.0 Å². The zero-order valence-electron chi connectivity index (χ0n) is 11.3. The first-order valence-electron chi connectivity index (χ1n) is 6.69. The van der Waals surface area contributed by atoms with Crippen molar-refractivity contribution in [1.29, 1.82) is 0 Å². The predicted octanol–water partition coefficient (Wildman–Crippen LogP) is 3.75. The van der Waals surface area contributed by atoms with Crippen molar-refractivity contribution < 1.29 is 4.79 Å². The summed E-state index contributed by atoms with van der Waals surface area (Å²) in [4.78, 5) is 18.7. The smallest absolute Gasteiger partial charge is 0.278 e. The van der Waals surface area contributed by atoms with Crippen molar-refractivity contribution in [3.63, 3.8) is 0 Å². The number of pyridine rings is 1. The molecule has 1 aliphatic heterocycles. The number of carbonyl (C=O) groups excluding carboxylic acids is 1. The quantitative estimate of drug-likeness (QED) is 0.797. The Bertz CT molecular complexity index is 669. The van der Waals surface area contributed by atoms with Gasteiger partial charge in [0.15, 0.2) is 0 Å². The van der Waals surface area contributed by atoms with E-state index >= 15 is 0 Å². The molecule has 0 atom stereocenters. The Kier molecular flexibility index (Phi) is 3.57. The average molecular weight is 331 g/mol. The van der Waals surface area contributed by atoms with Crippen molar-refractivity contribution in [2.45, 2.75) is 19.8 Å². The summed E-state index contributed by atoms with van der Waals surface area (Å²) < 4.78 is 0.740. The Morgan fingerprint density at radius 1 is 1.35 bits per heavy atom. The maximum absolute atomic E-state index is 12.7. The summed E-state index contributed by atoms with van der Waals surface area (Å²) in [6, 6.07) is 9.92. The maximum atomic E-state index is 12.7. The molecule has 1 aromatic carbocycles. The molecule has 102 valence electrons. The number of benzene rings is 1. The van der Waals surface area contributed by atoms with Gasteiger partial charge in [-0.3, -0.25) is 4.79 Å². The van der Waals surface area contributed by atoms with Gasteiger partial charge in [0.25, 0.3) is 5.91 Å². The fourth-order valence-electron chi connectivity index (χ4n) is 2.61. The highest BCUT2D eigenvalue weighted by atomic mass is 79.9. The van der Waals surface area contributed by atoms with Gasteiger partial charge in [-0.1, -0.05) is 17.7 Å². The Hall–Kier alpha value is -1.68. The van der Waals surface area contributed by atoms with E-state index in [4.69, 9.17) is 0 Å². The van der Waals surface area contributed by atoms with Crippen LogP contribution in [0.3, 0.4) is 0 Å². The van der Waals surface area contributed by atoms with Crippen molar-refractivity contribution in [2.24, 2.45) is 0 Å². The molecule has 3 nitrogen and oxygen atoms in total. The first-order chi connectivity index (χ1) is 9.66. The van der Waals surface area contributed by atoms with Gasteiger partial charge in [-0.15, -0.1) is 0 Å². The first kappa shape index (κ1) is 13.3. The Morgan fingerprint density at radius 3 is 3.00 bits per heavy atom. The normalized spacial score (nSPS) is 14.0. The highest BCUT2D eigenvalue weighted by Gasteiger charge is 2.25. The standard InChI is InChI=1S/C16H15BrN2O/c1-11-6-7-14-12(10-11)4-3-9-19(14)16(20)15-13(17)5-2-8-18-15/h2,5-8,10H,3-4,9H2,1H3. The van der Waals surface area contributed by atoms with Crippen LogP contribution in [0.2, 0.25) is 0 Å². The van der Waals surface area contributed by atoms with Crippen molar-refractivity contribution in [2.75, 3.05) is 11.4 Å². The lowest BCUT2D eigenvalue weighted by molar-refractivity contribution is 0.0979. The number of halogens is 1. The molecule has 0 N–H and O–H groups in total. The minimum absolute atomic E-state index is 0.0396. The molecular formula is C16H15BrN2O. The van der Waals surface area contributed by atoms with Crippen LogP contribution in [0, 0.1) is 6.92 Å². The molecule has 0 bridgehead atoms. The van der Waals surface area contributed by atoms with Crippen molar-refractivity contribution in [3.05, 3.63) is 57.8 Å². The maximum Gasteiger partial charge on any atom is 0.278 e. The van der Waals surface area contributed by atoms with Gasteiger partial charge in [0.05, 0.1) is 0 Å². The van der Waals surface area contributed by atoms with E-state index in [0.29, 0.717) is 5.69 Å². The van der Waals surface area contributed by atoms with Crippen LogP contribution in [0.4, 0.5) is 5.69 Å². The van der Waals surface area contributed by atoms with Crippen molar-refractivity contribution in [3.8, 4) is 0 Å². The van der Waals surface area contributed by atoms with Gasteiger partial charge in [0.2, 0.25) is 0 Å². The van der Waals surface area contributed by atoms with Gasteiger partial charge in [0, 0.05) is 22.9 Å². The number of hydrogen-bond donors (Lipinski definition) is 0. The number of aryl methyl sites for hydroxylation is 2. The number of rotatable bonds is 1. The van der Waals surface area contributed by atoms with Gasteiger partial charge >= 0.3 is 0 Å². The van der Waals surface area contributed by atoms with Gasteiger partial charge in [-0.25, -0.2) is 4.98 Å². The number of aromatic nitrogens is 1. The summed E-state index contributed by atoms with van der Waals surface area (Å²) in [5.41, 5.74) is 3.97. The highest BCUT2D eigenvalue weighted by Crippen LogP contribution is 2.30. The fourth-order valence-corrected chi connectivity index (χ4v) is 3.03. The molecule has 0 unspecified atom stereocenters. The largest absolute Gasteiger partial charge is 0.307 e. The lowest BCUT2D eigenvalue weighted by Gasteiger charge is -2.29. The summed E-state index contributed by atoms with van der Waals surface area (Å²) in [6.07, 6.45) is 3.68. The summed E-state index contributed by atoms with van der Waals surface area (Å²) in [5, 5.41) is 0. The van der Waals surface area contributed by atoms with E-state index in [2.05, 4.69) is 40.0 Å². The summed E-state index contributed by atoms with van der Waals surface area (Å²) >= 11 is 3.41. The van der Waals surface area contributed by atoms with E-state index in [0.717, 1.165) is 29.5 Å². The Balaban J connectivity index is 2.01. The average Bonchev–Trinajstić information content (AvgIpc) is 2.46. The van der Waals surface area contributed by atoms with Crippen LogP contribution in [0.25, 0.3) is 0 Å². The monoisotopic (exact) mass is 330 g/mol. The van der Waals surface area contributed by atoms with Crippen LogP contribution in [-0.4, -0.2) is 17.4 Å². The molecule has 0 saturated heterocycles. The van der Waals surface area contributed by atoms with Gasteiger partial charge in [0.1, 0.15) is 5.69 Å². The molecule has 4 heteroatoms. The molecule has 20 heavy (non-hydrogen) atoms. The van der Waals surface area contributed by atoms with Crippen LogP contribution >= 0.6 is 15.9 Å². The SMILES string of the molecule is Cc1ccc2c(c1)CCCN2C(=O)c1ncccc1Br. The summed E-state index contributed by atoms with van der Waals surface area (Å²) in [5.74, 6) is -0.0396. The minimum atomic E-state index is -0.0396. The van der Waals surface area contributed by atoms with Crippen molar-refractivity contribution >= 4 is 27.5 Å². The van der Waals surface area contributed by atoms with Gasteiger partial charge < -0.3 is 4.90 Å². The molecule has 1 aromatic heterocycles. The third-order valence-corrected chi connectivity index (χ3v) is 4.20. The van der Waals surface area contributed by atoms with Crippen LogP contribution in [0.15, 0.2) is 41.0 Å². The zero-order chi connectivity index (χ0) is 14.1. The molecule has 2 heterocycles. The number of nitrogens with zero attached hydrogens (tertiary/aromatic N) is 2. The number of fused-ring (bicyclic) bond motifs is 1. The topological polar surface area (TPSA) is 33.2 Å². The second-order valence-electron chi connectivity index (χ2n) is 5.03. The number of anilines is 1. The summed E-state index contributed by atoms with van der Waals surface area (Å²) in [6.45, 7) is 2.83. The lowest BCUT2D eigenvalue weighted by atomic mass is 9.99. The summed E-state index contributed by atoms with van der Waals surface area (Å²) in [7, 11) is 0. The zero-order valence-corrected chi connectivity index (χ0v) is 12.9. The molecule has 1 aliphatic rings. The molecule has 0 aliphatic carbocycles. The van der Waals surface area contributed by atoms with Crippen LogP contribution < -0.4 is 4.90 Å². The third-order valence-electron chi connectivity index (χ3n) is 3.56. The Labute approximate surface area is 126 Å². The minimum Gasteiger partial charge on any atom is -0.307 e. The third kappa shape index (κ3) is 2.36. The Morgan fingerprint density at radius 2 is 2.20 bits per heavy atom. The molecule has 3 rings (SSSR count). The number of amides is 1. The van der Waals surface area contributed by atoms with E-state index in [9.17, 15) is 4.79 Å². The van der Waals surface area contributed by atoms with E-state index in [1.807, 2.05) is 23.1 Å². The highest BCUT2D eigenvalue weighted by molar-refractivity contribution is 9.10. The van der Waals surface area contributed by atoms with E-state index in [-0.39, 0.29) is 5.91 Å².